The van der Waals surface area contributed by atoms with Crippen molar-refractivity contribution in [3.63, 3.8) is 0 Å². The minimum atomic E-state index is -3.31. The van der Waals surface area contributed by atoms with Crippen LogP contribution in [0.5, 0.6) is 0 Å². The average Bonchev–Trinajstić information content (AvgIpc) is 2.62. The summed E-state index contributed by atoms with van der Waals surface area (Å²) in [5, 5.41) is 11.7. The summed E-state index contributed by atoms with van der Waals surface area (Å²) >= 11 is 0. The molecular formula is C19H20FNO5S. The molecule has 0 fully saturated rings. The molecule has 0 saturated carbocycles. The summed E-state index contributed by atoms with van der Waals surface area (Å²) in [4.78, 5) is 23.5. The molecule has 0 aliphatic carbocycles. The maximum absolute atomic E-state index is 13.1. The fourth-order valence-corrected chi connectivity index (χ4v) is 3.42. The number of hydrogen-bond acceptors (Lipinski definition) is 4. The van der Waals surface area contributed by atoms with Crippen LogP contribution in [-0.2, 0) is 25.8 Å². The van der Waals surface area contributed by atoms with Gasteiger partial charge in [-0.1, -0.05) is 31.2 Å². The van der Waals surface area contributed by atoms with E-state index in [4.69, 9.17) is 5.11 Å². The molecule has 0 heterocycles. The first-order valence-corrected chi connectivity index (χ1v) is 9.95. The van der Waals surface area contributed by atoms with E-state index in [-0.39, 0.29) is 23.5 Å². The van der Waals surface area contributed by atoms with Gasteiger partial charge in [-0.3, -0.25) is 9.59 Å². The van der Waals surface area contributed by atoms with Crippen LogP contribution in [0.2, 0.25) is 0 Å². The van der Waals surface area contributed by atoms with Crippen molar-refractivity contribution in [2.45, 2.75) is 30.7 Å². The average molecular weight is 393 g/mol. The maximum Gasteiger partial charge on any atom is 0.305 e. The molecule has 8 heteroatoms. The van der Waals surface area contributed by atoms with Crippen LogP contribution >= 0.6 is 0 Å². The Bertz CT molecular complexity index is 908. The van der Waals surface area contributed by atoms with Crippen LogP contribution < -0.4 is 5.32 Å². The summed E-state index contributed by atoms with van der Waals surface area (Å²) in [6, 6.07) is 10.4. The number of amides is 1. The van der Waals surface area contributed by atoms with E-state index in [0.717, 1.165) is 0 Å². The standard InChI is InChI=1S/C19H20FNO5S/c1-2-27(25,26)16-9-3-13(4-10-16)11-18(22)21-17(12-19(23)24)14-5-7-15(20)8-6-14/h3-10,17H,2,11-12H2,1H3,(H,21,22)(H,23,24). The molecule has 0 radical (unpaired) electrons. The molecule has 1 atom stereocenters. The van der Waals surface area contributed by atoms with Crippen molar-refractivity contribution in [3.8, 4) is 0 Å². The zero-order valence-electron chi connectivity index (χ0n) is 14.7. The number of halogens is 1. The lowest BCUT2D eigenvalue weighted by Crippen LogP contribution is -2.31. The van der Waals surface area contributed by atoms with Crippen molar-refractivity contribution < 1.29 is 27.5 Å². The lowest BCUT2D eigenvalue weighted by Gasteiger charge is -2.17. The normalized spacial score (nSPS) is 12.4. The van der Waals surface area contributed by atoms with Crippen LogP contribution in [0.3, 0.4) is 0 Å². The third kappa shape index (κ3) is 5.89. The third-order valence-corrected chi connectivity index (χ3v) is 5.76. The molecule has 2 rings (SSSR count). The van der Waals surface area contributed by atoms with Crippen molar-refractivity contribution in [2.24, 2.45) is 0 Å². The quantitative estimate of drug-likeness (QED) is 0.718. The number of hydrogen-bond donors (Lipinski definition) is 2. The molecule has 2 N–H and O–H groups in total. The van der Waals surface area contributed by atoms with E-state index in [1.165, 1.54) is 36.4 Å². The zero-order chi connectivity index (χ0) is 20.0. The highest BCUT2D eigenvalue weighted by Crippen LogP contribution is 2.18. The van der Waals surface area contributed by atoms with Crippen LogP contribution in [0.25, 0.3) is 0 Å². The number of sulfone groups is 1. The SMILES string of the molecule is CCS(=O)(=O)c1ccc(CC(=O)NC(CC(=O)O)c2ccc(F)cc2)cc1. The Morgan fingerprint density at radius 2 is 1.67 bits per heavy atom. The van der Waals surface area contributed by atoms with Crippen molar-refractivity contribution in [1.82, 2.24) is 5.32 Å². The second-order valence-electron chi connectivity index (χ2n) is 5.99. The number of carbonyl (C=O) groups is 2. The summed E-state index contributed by atoms with van der Waals surface area (Å²) in [7, 11) is -3.31. The van der Waals surface area contributed by atoms with Gasteiger partial charge in [-0.25, -0.2) is 12.8 Å². The van der Waals surface area contributed by atoms with Gasteiger partial charge in [-0.05, 0) is 35.4 Å². The highest BCUT2D eigenvalue weighted by atomic mass is 32.2. The van der Waals surface area contributed by atoms with Gasteiger partial charge in [0.2, 0.25) is 5.91 Å². The van der Waals surface area contributed by atoms with E-state index in [1.54, 1.807) is 19.1 Å². The van der Waals surface area contributed by atoms with E-state index >= 15 is 0 Å². The van der Waals surface area contributed by atoms with Gasteiger partial charge in [-0.2, -0.15) is 0 Å². The van der Waals surface area contributed by atoms with Gasteiger partial charge in [-0.15, -0.1) is 0 Å². The Hall–Kier alpha value is -2.74. The number of nitrogens with one attached hydrogen (secondary N) is 1. The van der Waals surface area contributed by atoms with Gasteiger partial charge >= 0.3 is 5.97 Å². The van der Waals surface area contributed by atoms with Gasteiger partial charge in [0, 0.05) is 0 Å². The van der Waals surface area contributed by atoms with Gasteiger partial charge in [0.05, 0.1) is 29.5 Å². The molecule has 1 unspecified atom stereocenters. The predicted octanol–water partition coefficient (Wildman–Crippen LogP) is 2.49. The summed E-state index contributed by atoms with van der Waals surface area (Å²) in [6.07, 6.45) is -0.380. The Labute approximate surface area is 157 Å². The smallest absolute Gasteiger partial charge is 0.305 e. The van der Waals surface area contributed by atoms with E-state index in [1.807, 2.05) is 0 Å². The molecule has 0 spiro atoms. The van der Waals surface area contributed by atoms with Crippen molar-refractivity contribution in [3.05, 3.63) is 65.5 Å². The van der Waals surface area contributed by atoms with Gasteiger partial charge in [0.25, 0.3) is 0 Å². The third-order valence-electron chi connectivity index (χ3n) is 4.01. The van der Waals surface area contributed by atoms with E-state index in [2.05, 4.69) is 5.32 Å². The lowest BCUT2D eigenvalue weighted by molar-refractivity contribution is -0.137. The molecule has 2 aromatic carbocycles. The second-order valence-corrected chi connectivity index (χ2v) is 8.27. The van der Waals surface area contributed by atoms with E-state index < -0.39 is 33.6 Å². The van der Waals surface area contributed by atoms with E-state index in [9.17, 15) is 22.4 Å². The first kappa shape index (κ1) is 20.6. The molecule has 0 aromatic heterocycles. The number of aliphatic carboxylic acids is 1. The number of carbonyl (C=O) groups excluding carboxylic acids is 1. The number of carboxylic acid groups (broad SMARTS) is 1. The predicted molar refractivity (Wildman–Crippen MR) is 97.4 cm³/mol. The first-order valence-electron chi connectivity index (χ1n) is 8.29. The Morgan fingerprint density at radius 1 is 1.07 bits per heavy atom. The molecular weight excluding hydrogens is 373 g/mol. The zero-order valence-corrected chi connectivity index (χ0v) is 15.5. The minimum absolute atomic E-state index is 0.0125. The molecule has 0 aliphatic rings. The van der Waals surface area contributed by atoms with Crippen molar-refractivity contribution >= 4 is 21.7 Å². The number of carboxylic acids is 1. The Kier molecular flexibility index (Phi) is 6.68. The topological polar surface area (TPSA) is 101 Å². The van der Waals surface area contributed by atoms with Crippen LogP contribution in [0.15, 0.2) is 53.4 Å². The molecule has 2 aromatic rings. The monoisotopic (exact) mass is 393 g/mol. The number of benzene rings is 2. The van der Waals surface area contributed by atoms with Gasteiger partial charge < -0.3 is 10.4 Å². The van der Waals surface area contributed by atoms with Gasteiger partial charge in [0.1, 0.15) is 5.82 Å². The highest BCUT2D eigenvalue weighted by molar-refractivity contribution is 7.91. The molecule has 144 valence electrons. The summed E-state index contributed by atoms with van der Waals surface area (Å²) < 4.78 is 36.7. The Morgan fingerprint density at radius 3 is 2.19 bits per heavy atom. The van der Waals surface area contributed by atoms with E-state index in [0.29, 0.717) is 11.1 Å². The molecule has 27 heavy (non-hydrogen) atoms. The second kappa shape index (κ2) is 8.77. The molecule has 0 bridgehead atoms. The maximum atomic E-state index is 13.1. The summed E-state index contributed by atoms with van der Waals surface area (Å²) in [5.41, 5.74) is 1.08. The van der Waals surface area contributed by atoms with Crippen molar-refractivity contribution in [1.29, 1.82) is 0 Å². The molecule has 6 nitrogen and oxygen atoms in total. The summed E-state index contributed by atoms with van der Waals surface area (Å²) in [6.45, 7) is 1.55. The van der Waals surface area contributed by atoms with Gasteiger partial charge in [0.15, 0.2) is 9.84 Å². The highest BCUT2D eigenvalue weighted by Gasteiger charge is 2.19. The first-order chi connectivity index (χ1) is 12.7. The lowest BCUT2D eigenvalue weighted by atomic mass is 10.0. The van der Waals surface area contributed by atoms with Crippen LogP contribution in [0, 0.1) is 5.82 Å². The molecule has 0 saturated heterocycles. The van der Waals surface area contributed by atoms with Crippen LogP contribution in [-0.4, -0.2) is 31.2 Å². The molecule has 1 amide bonds. The van der Waals surface area contributed by atoms with Crippen molar-refractivity contribution in [2.75, 3.05) is 5.75 Å². The fraction of sp³-hybridized carbons (Fsp3) is 0.263. The Balaban J connectivity index is 2.09. The number of rotatable bonds is 8. The molecule has 0 aliphatic heterocycles. The fourth-order valence-electron chi connectivity index (χ4n) is 2.53. The van der Waals surface area contributed by atoms with Crippen LogP contribution in [0.4, 0.5) is 4.39 Å². The minimum Gasteiger partial charge on any atom is -0.481 e. The largest absolute Gasteiger partial charge is 0.481 e. The van der Waals surface area contributed by atoms with Crippen LogP contribution in [0.1, 0.15) is 30.5 Å². The summed E-state index contributed by atoms with van der Waals surface area (Å²) in [5.74, 6) is -1.99.